The average molecular weight is 515 g/mol. The van der Waals surface area contributed by atoms with Crippen molar-refractivity contribution in [2.75, 3.05) is 24.6 Å². The number of benzene rings is 1. The van der Waals surface area contributed by atoms with Gasteiger partial charge in [0.15, 0.2) is 17.5 Å². The molecule has 3 aliphatic carbocycles. The summed E-state index contributed by atoms with van der Waals surface area (Å²) in [4.78, 5) is 25.1. The van der Waals surface area contributed by atoms with E-state index in [2.05, 4.69) is 19.9 Å². The maximum Gasteiger partial charge on any atom is 0.309 e. The number of anilines is 1. The molecule has 4 aliphatic rings. The van der Waals surface area contributed by atoms with E-state index < -0.39 is 28.8 Å². The van der Waals surface area contributed by atoms with Gasteiger partial charge in [-0.05, 0) is 68.9 Å². The molecule has 7 rings (SSSR count). The lowest BCUT2D eigenvalue weighted by Gasteiger charge is -2.51. The minimum atomic E-state index is -1.28. The minimum Gasteiger partial charge on any atom is -0.481 e. The third-order valence-corrected chi connectivity index (χ3v) is 8.88. The average Bonchev–Trinajstić information content (AvgIpc) is 3.39. The van der Waals surface area contributed by atoms with Gasteiger partial charge in [0, 0.05) is 30.9 Å². The number of aromatic nitrogens is 3. The van der Waals surface area contributed by atoms with Gasteiger partial charge < -0.3 is 19.7 Å². The van der Waals surface area contributed by atoms with Crippen LogP contribution in [0.4, 0.5) is 19.0 Å². The number of aromatic amines is 1. The van der Waals surface area contributed by atoms with E-state index in [4.69, 9.17) is 4.74 Å². The van der Waals surface area contributed by atoms with Crippen LogP contribution in [0.2, 0.25) is 0 Å². The van der Waals surface area contributed by atoms with E-state index in [0.717, 1.165) is 70.3 Å². The van der Waals surface area contributed by atoms with Crippen LogP contribution in [0.25, 0.3) is 22.4 Å². The highest BCUT2D eigenvalue weighted by molar-refractivity contribution is 5.80. The van der Waals surface area contributed by atoms with Crippen LogP contribution in [0.15, 0.2) is 24.4 Å². The van der Waals surface area contributed by atoms with E-state index in [1.165, 1.54) is 0 Å². The third-order valence-electron chi connectivity index (χ3n) is 8.88. The number of carboxylic acids is 1. The van der Waals surface area contributed by atoms with Gasteiger partial charge in [-0.3, -0.25) is 4.79 Å². The number of fused-ring (bicyclic) bond motifs is 4. The zero-order valence-corrected chi connectivity index (χ0v) is 20.4. The first-order valence-electron chi connectivity index (χ1n) is 12.9. The van der Waals surface area contributed by atoms with Gasteiger partial charge in [0.1, 0.15) is 22.7 Å². The van der Waals surface area contributed by atoms with Gasteiger partial charge in [0.2, 0.25) is 0 Å². The van der Waals surface area contributed by atoms with Crippen molar-refractivity contribution in [2.24, 2.45) is 10.8 Å². The fourth-order valence-corrected chi connectivity index (χ4v) is 6.26. The van der Waals surface area contributed by atoms with Gasteiger partial charge in [0.25, 0.3) is 0 Å². The molecule has 10 heteroatoms. The number of halogens is 3. The Morgan fingerprint density at radius 3 is 2.41 bits per heavy atom. The van der Waals surface area contributed by atoms with E-state index in [1.54, 1.807) is 12.3 Å². The van der Waals surface area contributed by atoms with Gasteiger partial charge in [-0.25, -0.2) is 23.1 Å². The molecule has 2 bridgehead atoms. The highest BCUT2D eigenvalue weighted by atomic mass is 19.2. The number of hydrogen-bond acceptors (Lipinski definition) is 5. The summed E-state index contributed by atoms with van der Waals surface area (Å²) in [7, 11) is 0. The van der Waals surface area contributed by atoms with E-state index in [9.17, 15) is 23.1 Å². The number of nitrogens with zero attached hydrogens (tertiary/aromatic N) is 3. The Kier molecular flexibility index (Phi) is 5.89. The second kappa shape index (κ2) is 9.01. The summed E-state index contributed by atoms with van der Waals surface area (Å²) >= 11 is 0. The molecular weight excluding hydrogens is 485 g/mol. The highest BCUT2D eigenvalue weighted by Crippen LogP contribution is 2.57. The number of pyridine rings is 1. The molecule has 1 aromatic carbocycles. The van der Waals surface area contributed by atoms with Crippen molar-refractivity contribution in [2.45, 2.75) is 57.5 Å². The topological polar surface area (TPSA) is 91.3 Å². The molecule has 3 heterocycles. The number of carbonyl (C=O) groups is 1. The number of rotatable bonds is 6. The molecule has 4 fully saturated rings. The number of imidazole rings is 1. The lowest BCUT2D eigenvalue weighted by Crippen LogP contribution is -2.48. The minimum absolute atomic E-state index is 0.139. The first-order chi connectivity index (χ1) is 17.8. The largest absolute Gasteiger partial charge is 0.481 e. The van der Waals surface area contributed by atoms with Crippen LogP contribution in [-0.2, 0) is 9.53 Å². The van der Waals surface area contributed by atoms with Gasteiger partial charge in [0.05, 0.1) is 18.1 Å². The maximum atomic E-state index is 14.0. The van der Waals surface area contributed by atoms with Crippen molar-refractivity contribution in [1.82, 2.24) is 15.0 Å². The van der Waals surface area contributed by atoms with Crippen LogP contribution in [-0.4, -0.2) is 51.8 Å². The van der Waals surface area contributed by atoms with Crippen molar-refractivity contribution >= 4 is 22.8 Å². The molecule has 0 unspecified atom stereocenters. The fourth-order valence-electron chi connectivity index (χ4n) is 6.26. The number of ether oxygens (including phenoxy) is 1. The number of piperidine rings is 1. The van der Waals surface area contributed by atoms with Gasteiger partial charge in [-0.15, -0.1) is 0 Å². The number of hydrogen-bond donors (Lipinski definition) is 2. The molecular formula is C27H29F3N4O3. The summed E-state index contributed by atoms with van der Waals surface area (Å²) in [6.45, 7) is 2.31. The van der Waals surface area contributed by atoms with E-state index >= 15 is 0 Å². The SMILES string of the molecule is O=C(O)C12CCC(COC3CCN(c4ccc(-c5nc6c(F)c(F)cc(F)c6[nH]5)cn4)CC3)(CC1)CC2. The third kappa shape index (κ3) is 4.24. The van der Waals surface area contributed by atoms with Crippen LogP contribution in [0, 0.1) is 28.3 Å². The first kappa shape index (κ1) is 24.2. The van der Waals surface area contributed by atoms with Crippen molar-refractivity contribution in [1.29, 1.82) is 0 Å². The fraction of sp³-hybridized carbons (Fsp3) is 0.519. The number of carboxylic acid groups (broad SMARTS) is 1. The van der Waals surface area contributed by atoms with Crippen LogP contribution in [0.3, 0.4) is 0 Å². The standard InChI is InChI=1S/C27H29F3N4O3/c28-18-13-19(29)22-23(21(18)30)33-24(32-22)16-1-2-20(31-14-16)34-11-3-17(4-12-34)37-15-26-5-8-27(9-6-26,10-7-26)25(35)36/h1-2,13-14,17H,3-12,15H2,(H,32,33)(H,35,36). The van der Waals surface area contributed by atoms with Crippen LogP contribution in [0.1, 0.15) is 51.4 Å². The molecule has 2 aromatic heterocycles. The summed E-state index contributed by atoms with van der Waals surface area (Å²) in [5.41, 5.74) is -0.365. The molecule has 7 nitrogen and oxygen atoms in total. The molecule has 0 spiro atoms. The van der Waals surface area contributed by atoms with Crippen molar-refractivity contribution < 1.29 is 27.8 Å². The zero-order chi connectivity index (χ0) is 25.8. The van der Waals surface area contributed by atoms with Gasteiger partial charge in [-0.1, -0.05) is 0 Å². The molecule has 1 saturated heterocycles. The van der Waals surface area contributed by atoms with E-state index in [1.807, 2.05) is 6.07 Å². The Morgan fingerprint density at radius 2 is 1.78 bits per heavy atom. The zero-order valence-electron chi connectivity index (χ0n) is 20.4. The molecule has 0 radical (unpaired) electrons. The van der Waals surface area contributed by atoms with Crippen molar-refractivity contribution in [3.63, 3.8) is 0 Å². The van der Waals surface area contributed by atoms with E-state index in [0.29, 0.717) is 18.2 Å². The normalized spacial score (nSPS) is 26.2. The quantitative estimate of drug-likeness (QED) is 0.425. The summed E-state index contributed by atoms with van der Waals surface area (Å²) in [5.74, 6) is -2.98. The van der Waals surface area contributed by atoms with Crippen molar-refractivity contribution in [3.05, 3.63) is 41.8 Å². The molecule has 37 heavy (non-hydrogen) atoms. The lowest BCUT2D eigenvalue weighted by molar-refractivity contribution is -0.162. The Morgan fingerprint density at radius 1 is 1.08 bits per heavy atom. The predicted octanol–water partition coefficient (Wildman–Crippen LogP) is 5.45. The summed E-state index contributed by atoms with van der Waals surface area (Å²) in [5, 5.41) is 9.60. The Labute approximate surface area is 212 Å². The molecule has 3 aromatic rings. The van der Waals surface area contributed by atoms with Crippen molar-refractivity contribution in [3.8, 4) is 11.4 Å². The Hall–Kier alpha value is -3.14. The molecule has 1 aliphatic heterocycles. The highest BCUT2D eigenvalue weighted by Gasteiger charge is 2.52. The van der Waals surface area contributed by atoms with Gasteiger partial charge in [-0.2, -0.15) is 0 Å². The lowest BCUT2D eigenvalue weighted by atomic mass is 9.54. The number of nitrogens with one attached hydrogen (secondary N) is 1. The van der Waals surface area contributed by atoms with Crippen LogP contribution in [0.5, 0.6) is 0 Å². The van der Waals surface area contributed by atoms with Crippen LogP contribution < -0.4 is 4.90 Å². The maximum absolute atomic E-state index is 14.0. The summed E-state index contributed by atoms with van der Waals surface area (Å²) in [6, 6.07) is 4.12. The second-order valence-corrected chi connectivity index (χ2v) is 11.0. The van der Waals surface area contributed by atoms with Gasteiger partial charge >= 0.3 is 5.97 Å². The summed E-state index contributed by atoms with van der Waals surface area (Å²) in [6.07, 6.45) is 8.64. The summed E-state index contributed by atoms with van der Waals surface area (Å²) < 4.78 is 47.9. The number of aliphatic carboxylic acids is 1. The molecule has 3 saturated carbocycles. The monoisotopic (exact) mass is 514 g/mol. The predicted molar refractivity (Wildman–Crippen MR) is 131 cm³/mol. The molecule has 196 valence electrons. The number of H-pyrrole nitrogens is 1. The Balaban J connectivity index is 1.04. The van der Waals surface area contributed by atoms with E-state index in [-0.39, 0.29) is 28.4 Å². The molecule has 2 N–H and O–H groups in total. The Bertz CT molecular complexity index is 1310. The molecule has 0 atom stereocenters. The second-order valence-electron chi connectivity index (χ2n) is 11.0. The smallest absolute Gasteiger partial charge is 0.309 e. The first-order valence-corrected chi connectivity index (χ1v) is 12.9. The molecule has 0 amide bonds. The van der Waals surface area contributed by atoms with Crippen LogP contribution >= 0.6 is 0 Å².